The van der Waals surface area contributed by atoms with Crippen molar-refractivity contribution in [1.82, 2.24) is 24.4 Å². The molecule has 1 aliphatic carbocycles. The molecule has 1 saturated carbocycles. The Labute approximate surface area is 260 Å². The molecule has 0 atom stereocenters. The summed E-state index contributed by atoms with van der Waals surface area (Å²) in [6, 6.07) is 15.2. The molecule has 4 heterocycles. The van der Waals surface area contributed by atoms with Gasteiger partial charge in [0.2, 0.25) is 5.95 Å². The first-order valence-corrected chi connectivity index (χ1v) is 15.2. The van der Waals surface area contributed by atoms with E-state index in [1.165, 1.54) is 6.92 Å². The van der Waals surface area contributed by atoms with Crippen molar-refractivity contribution in [3.8, 4) is 6.07 Å². The van der Waals surface area contributed by atoms with E-state index in [4.69, 9.17) is 4.98 Å². The molecule has 0 radical (unpaired) electrons. The second-order valence-corrected chi connectivity index (χ2v) is 11.5. The zero-order valence-electron chi connectivity index (χ0n) is 25.4. The summed E-state index contributed by atoms with van der Waals surface area (Å²) in [4.78, 5) is 56.5. The summed E-state index contributed by atoms with van der Waals surface area (Å²) < 4.78 is 1.69. The van der Waals surface area contributed by atoms with Crippen molar-refractivity contribution in [3.05, 3.63) is 87.5 Å². The molecule has 1 N–H and O–H groups in total. The maximum Gasteiger partial charge on any atom is 0.264 e. The Bertz CT molecular complexity index is 1880. The standard InChI is InChI=1S/C34H34N8O3/c1-22-28-21-37-34(39-31(28)42(26-10-6-7-11-26)33(45)30(22)23(2)43)38-29-13-12-27(20-36-29)40-14-16-41(17-15-40)32(44)25(19-35)18-24-8-4-3-5-9-24/h3-5,8-9,12-13,18,20-21,26H,6-7,10-11,14-17H2,1-2H3,(H,36,37,38,39)/b25-18+. The molecule has 1 saturated heterocycles. The van der Waals surface area contributed by atoms with E-state index in [1.54, 1.807) is 34.9 Å². The number of ketones is 1. The van der Waals surface area contributed by atoms with Crippen molar-refractivity contribution in [2.75, 3.05) is 36.4 Å². The van der Waals surface area contributed by atoms with Crippen LogP contribution in [-0.2, 0) is 4.79 Å². The zero-order valence-corrected chi connectivity index (χ0v) is 25.4. The number of amides is 1. The third-order valence-corrected chi connectivity index (χ3v) is 8.63. The molecule has 1 aromatic carbocycles. The van der Waals surface area contributed by atoms with Crippen molar-refractivity contribution in [2.45, 2.75) is 45.6 Å². The molecule has 2 fully saturated rings. The van der Waals surface area contributed by atoms with Gasteiger partial charge in [0, 0.05) is 43.8 Å². The number of anilines is 3. The number of aryl methyl sites for hydroxylation is 1. The van der Waals surface area contributed by atoms with Crippen molar-refractivity contribution in [3.63, 3.8) is 0 Å². The number of fused-ring (bicyclic) bond motifs is 1. The summed E-state index contributed by atoms with van der Waals surface area (Å²) in [7, 11) is 0. The van der Waals surface area contributed by atoms with Gasteiger partial charge in [0.25, 0.3) is 11.5 Å². The second kappa shape index (κ2) is 12.7. The van der Waals surface area contributed by atoms with Crippen LogP contribution in [0.3, 0.4) is 0 Å². The molecule has 1 amide bonds. The van der Waals surface area contributed by atoms with Crippen LogP contribution in [-0.4, -0.2) is 62.3 Å². The molecule has 3 aromatic heterocycles. The number of carbonyl (C=O) groups is 2. The molecule has 11 nitrogen and oxygen atoms in total. The van der Waals surface area contributed by atoms with E-state index in [1.807, 2.05) is 42.5 Å². The lowest BCUT2D eigenvalue weighted by molar-refractivity contribution is -0.126. The molecular weight excluding hydrogens is 568 g/mol. The number of hydrogen-bond donors (Lipinski definition) is 1. The Kier molecular flexibility index (Phi) is 8.38. The average molecular weight is 603 g/mol. The highest BCUT2D eigenvalue weighted by Crippen LogP contribution is 2.32. The van der Waals surface area contributed by atoms with E-state index in [0.717, 1.165) is 36.9 Å². The predicted octanol–water partition coefficient (Wildman–Crippen LogP) is 4.81. The molecule has 0 unspecified atom stereocenters. The third kappa shape index (κ3) is 6.04. The van der Waals surface area contributed by atoms with Crippen LogP contribution < -0.4 is 15.8 Å². The van der Waals surface area contributed by atoms with Gasteiger partial charge in [-0.2, -0.15) is 10.2 Å². The number of nitriles is 1. The van der Waals surface area contributed by atoms with E-state index < -0.39 is 0 Å². The van der Waals surface area contributed by atoms with Gasteiger partial charge in [-0.3, -0.25) is 19.0 Å². The van der Waals surface area contributed by atoms with E-state index >= 15 is 0 Å². The third-order valence-electron chi connectivity index (χ3n) is 8.63. The first-order valence-electron chi connectivity index (χ1n) is 15.2. The van der Waals surface area contributed by atoms with Gasteiger partial charge in [0.15, 0.2) is 5.78 Å². The minimum atomic E-state index is -0.288. The summed E-state index contributed by atoms with van der Waals surface area (Å²) in [5, 5.41) is 13.4. The number of piperazine rings is 1. The van der Waals surface area contributed by atoms with Gasteiger partial charge in [-0.1, -0.05) is 43.2 Å². The number of rotatable bonds is 7. The number of carbonyl (C=O) groups excluding carboxylic acids is 2. The number of nitrogens with zero attached hydrogens (tertiary/aromatic N) is 7. The van der Waals surface area contributed by atoms with E-state index in [0.29, 0.717) is 54.5 Å². The van der Waals surface area contributed by atoms with Gasteiger partial charge >= 0.3 is 0 Å². The molecule has 1 aliphatic heterocycles. The molecule has 6 rings (SSSR count). The maximum atomic E-state index is 13.5. The minimum Gasteiger partial charge on any atom is -0.367 e. The van der Waals surface area contributed by atoms with Crippen LogP contribution in [0.25, 0.3) is 17.1 Å². The highest BCUT2D eigenvalue weighted by molar-refractivity contribution is 6.02. The second-order valence-electron chi connectivity index (χ2n) is 11.5. The number of pyridine rings is 2. The Balaban J connectivity index is 1.15. The molecular formula is C34H34N8O3. The highest BCUT2D eigenvalue weighted by Gasteiger charge is 2.26. The summed E-state index contributed by atoms with van der Waals surface area (Å²) in [5.74, 6) is 0.342. The highest BCUT2D eigenvalue weighted by atomic mass is 16.2. The molecule has 0 spiro atoms. The normalized spacial score (nSPS) is 15.7. The van der Waals surface area contributed by atoms with Crippen molar-refractivity contribution >= 4 is 46.3 Å². The largest absolute Gasteiger partial charge is 0.367 e. The fourth-order valence-electron chi connectivity index (χ4n) is 6.27. The fourth-order valence-corrected chi connectivity index (χ4v) is 6.27. The Morgan fingerprint density at radius 1 is 1.00 bits per heavy atom. The van der Waals surface area contributed by atoms with E-state index in [9.17, 15) is 19.6 Å². The van der Waals surface area contributed by atoms with Gasteiger partial charge < -0.3 is 15.1 Å². The number of Topliss-reactive ketones (excluding diaryl/α,β-unsaturated/α-hetero) is 1. The van der Waals surface area contributed by atoms with Crippen LogP contribution in [0.15, 0.2) is 65.2 Å². The summed E-state index contributed by atoms with van der Waals surface area (Å²) in [6.07, 6.45) is 8.86. The van der Waals surface area contributed by atoms with Gasteiger partial charge in [-0.05, 0) is 56.0 Å². The number of aromatic nitrogens is 4. The lowest BCUT2D eigenvalue weighted by Crippen LogP contribution is -2.49. The molecule has 4 aromatic rings. The quantitative estimate of drug-likeness (QED) is 0.179. The molecule has 11 heteroatoms. The topological polar surface area (TPSA) is 137 Å². The maximum absolute atomic E-state index is 13.5. The van der Waals surface area contributed by atoms with Crippen molar-refractivity contribution in [1.29, 1.82) is 5.26 Å². The van der Waals surface area contributed by atoms with Gasteiger partial charge in [0.05, 0.1) is 17.4 Å². The molecule has 45 heavy (non-hydrogen) atoms. The summed E-state index contributed by atoms with van der Waals surface area (Å²) in [5.41, 5.74) is 2.89. The fraction of sp³-hybridized carbons (Fsp3) is 0.324. The molecule has 0 bridgehead atoms. The lowest BCUT2D eigenvalue weighted by Gasteiger charge is -2.35. The number of hydrogen-bond acceptors (Lipinski definition) is 9. The van der Waals surface area contributed by atoms with Gasteiger partial charge in [0.1, 0.15) is 23.1 Å². The van der Waals surface area contributed by atoms with Crippen LogP contribution >= 0.6 is 0 Å². The smallest absolute Gasteiger partial charge is 0.264 e. The van der Waals surface area contributed by atoms with Gasteiger partial charge in [-0.25, -0.2) is 9.97 Å². The van der Waals surface area contributed by atoms with Crippen LogP contribution in [0, 0.1) is 18.3 Å². The van der Waals surface area contributed by atoms with Crippen molar-refractivity contribution in [2.24, 2.45) is 0 Å². The Morgan fingerprint density at radius 3 is 2.38 bits per heavy atom. The van der Waals surface area contributed by atoms with Crippen LogP contribution in [0.1, 0.15) is 60.1 Å². The first kappa shape index (κ1) is 29.7. The van der Waals surface area contributed by atoms with Crippen molar-refractivity contribution < 1.29 is 9.59 Å². The number of benzene rings is 1. The monoisotopic (exact) mass is 602 g/mol. The summed E-state index contributed by atoms with van der Waals surface area (Å²) >= 11 is 0. The predicted molar refractivity (Wildman–Crippen MR) is 172 cm³/mol. The van der Waals surface area contributed by atoms with Gasteiger partial charge in [-0.15, -0.1) is 0 Å². The van der Waals surface area contributed by atoms with Crippen LogP contribution in [0.5, 0.6) is 0 Å². The summed E-state index contributed by atoms with van der Waals surface area (Å²) in [6.45, 7) is 5.40. The van der Waals surface area contributed by atoms with Crippen LogP contribution in [0.4, 0.5) is 17.5 Å². The first-order chi connectivity index (χ1) is 21.8. The average Bonchev–Trinajstić information content (AvgIpc) is 3.59. The van der Waals surface area contributed by atoms with E-state index in [2.05, 4.69) is 26.3 Å². The van der Waals surface area contributed by atoms with Crippen LogP contribution in [0.2, 0.25) is 0 Å². The Hall–Kier alpha value is -5.37. The Morgan fingerprint density at radius 2 is 1.73 bits per heavy atom. The minimum absolute atomic E-state index is 0.000921. The zero-order chi connectivity index (χ0) is 31.5. The lowest BCUT2D eigenvalue weighted by atomic mass is 10.0. The molecule has 228 valence electrons. The SMILES string of the molecule is CC(=O)c1c(C)c2cnc(Nc3ccc(N4CCN(C(=O)/C(C#N)=C/c5ccccc5)CC4)cn3)nc2n(C2CCCC2)c1=O. The van der Waals surface area contributed by atoms with E-state index in [-0.39, 0.29) is 34.4 Å². The molecule has 2 aliphatic rings. The number of nitrogens with one attached hydrogen (secondary N) is 1.